The molecule has 0 aliphatic carbocycles. The minimum absolute atomic E-state index is 0.0238. The molecule has 1 aromatic rings. The zero-order valence-electron chi connectivity index (χ0n) is 13.5. The highest BCUT2D eigenvalue weighted by Crippen LogP contribution is 2.41. The zero-order valence-corrected chi connectivity index (χ0v) is 14.3. The van der Waals surface area contributed by atoms with E-state index in [9.17, 15) is 23.3 Å². The van der Waals surface area contributed by atoms with Crippen LogP contribution in [0.3, 0.4) is 0 Å². The Balaban J connectivity index is 2.58. The van der Waals surface area contributed by atoms with Gasteiger partial charge in [-0.25, -0.2) is 8.42 Å². The van der Waals surface area contributed by atoms with Crippen molar-refractivity contribution in [3.63, 3.8) is 0 Å². The molecule has 23 heavy (non-hydrogen) atoms. The van der Waals surface area contributed by atoms with Crippen LogP contribution in [0.1, 0.15) is 19.4 Å². The van der Waals surface area contributed by atoms with Crippen LogP contribution in [0.2, 0.25) is 0 Å². The van der Waals surface area contributed by atoms with Gasteiger partial charge in [0.25, 0.3) is 0 Å². The maximum atomic E-state index is 12.9. The lowest BCUT2D eigenvalue weighted by Crippen LogP contribution is -2.52. The highest BCUT2D eigenvalue weighted by molar-refractivity contribution is 7.89. The molecule has 0 aromatic heterocycles. The summed E-state index contributed by atoms with van der Waals surface area (Å²) in [5.74, 6) is -0.626. The van der Waals surface area contributed by atoms with E-state index in [-0.39, 0.29) is 17.0 Å². The van der Waals surface area contributed by atoms with Crippen LogP contribution in [0.4, 0.5) is 0 Å². The van der Waals surface area contributed by atoms with Crippen molar-refractivity contribution in [1.82, 2.24) is 4.31 Å². The fourth-order valence-corrected chi connectivity index (χ4v) is 5.29. The molecule has 0 radical (unpaired) electrons. The molecule has 0 fully saturated rings. The van der Waals surface area contributed by atoms with Crippen LogP contribution in [-0.2, 0) is 24.9 Å². The Morgan fingerprint density at radius 3 is 2.57 bits per heavy atom. The Morgan fingerprint density at radius 1 is 1.43 bits per heavy atom. The maximum Gasteiger partial charge on any atom is 0.488 e. The molecule has 0 amide bonds. The monoisotopic (exact) mass is 337 g/mol. The summed E-state index contributed by atoms with van der Waals surface area (Å²) in [6.45, 7) is 3.29. The van der Waals surface area contributed by atoms with E-state index in [0.29, 0.717) is 5.56 Å². The number of benzene rings is 1. The number of fused-ring (bicyclic) bond motifs is 1. The number of ether oxygens (including phenoxy) is 1. The number of nitrogens with zero attached hydrogens (tertiary/aromatic N) is 1. The van der Waals surface area contributed by atoms with Crippen LogP contribution < -0.4 is 5.46 Å². The lowest BCUT2D eigenvalue weighted by atomic mass is 9.57. The molecule has 1 aromatic carbocycles. The van der Waals surface area contributed by atoms with Gasteiger partial charge in [-0.2, -0.15) is 4.31 Å². The summed E-state index contributed by atoms with van der Waals surface area (Å²) in [5.41, 5.74) is 0.576. The van der Waals surface area contributed by atoms with Gasteiger partial charge in [-0.15, -0.1) is 0 Å². The van der Waals surface area contributed by atoms with Crippen LogP contribution in [0.25, 0.3) is 0 Å². The molecule has 7 nitrogen and oxygen atoms in total. The van der Waals surface area contributed by atoms with Gasteiger partial charge in [0.05, 0.1) is 11.5 Å². The molecule has 2 N–H and O–H groups in total. The zero-order chi connectivity index (χ0) is 17.6. The first-order valence-corrected chi connectivity index (χ1v) is 8.71. The smallest absolute Gasteiger partial charge is 0.465 e. The second-order valence-electron chi connectivity index (χ2n) is 5.92. The first-order valence-electron chi connectivity index (χ1n) is 7.26. The van der Waals surface area contributed by atoms with Crippen LogP contribution >= 0.6 is 0 Å². The Morgan fingerprint density at radius 2 is 2.04 bits per heavy atom. The average molecular weight is 337 g/mol. The number of hydrogen-bond donors (Lipinski definition) is 2. The third kappa shape index (κ3) is 2.82. The average Bonchev–Trinajstić information content (AvgIpc) is 2.61. The van der Waals surface area contributed by atoms with Crippen molar-refractivity contribution >= 4 is 44.3 Å². The van der Waals surface area contributed by atoms with Gasteiger partial charge in [-0.3, -0.25) is 4.79 Å². The third-order valence-electron chi connectivity index (χ3n) is 4.03. The topological polar surface area (TPSA) is 104 Å². The first kappa shape index (κ1) is 18.1. The summed E-state index contributed by atoms with van der Waals surface area (Å²) >= 11 is 0. The minimum atomic E-state index is -3.96. The number of hydrogen-bond acceptors (Lipinski definition) is 6. The van der Waals surface area contributed by atoms with E-state index in [1.54, 1.807) is 28.7 Å². The summed E-state index contributed by atoms with van der Waals surface area (Å²) in [7, 11) is -2.34. The van der Waals surface area contributed by atoms with Gasteiger partial charge in [0, 0.05) is 5.34 Å². The number of sulfonamides is 1. The van der Waals surface area contributed by atoms with Gasteiger partial charge < -0.3 is 14.8 Å². The molecule has 122 valence electrons. The first-order chi connectivity index (χ1) is 10.5. The summed E-state index contributed by atoms with van der Waals surface area (Å²) < 4.78 is 31.8. The predicted molar refractivity (Wildman–Crippen MR) is 90.2 cm³/mol. The van der Waals surface area contributed by atoms with Crippen LogP contribution in [0.5, 0.6) is 0 Å². The summed E-state index contributed by atoms with van der Waals surface area (Å²) in [6, 6.07) is 3.23. The maximum absolute atomic E-state index is 12.9. The summed E-state index contributed by atoms with van der Waals surface area (Å²) in [6.07, 6.45) is 0. The van der Waals surface area contributed by atoms with Crippen molar-refractivity contribution in [1.29, 1.82) is 0 Å². The molecule has 0 saturated carbocycles. The van der Waals surface area contributed by atoms with Gasteiger partial charge in [-0.05, 0) is 30.9 Å². The van der Waals surface area contributed by atoms with Crippen molar-refractivity contribution in [2.45, 2.75) is 30.1 Å². The molecular formula is C12H18B3NO6S. The van der Waals surface area contributed by atoms with E-state index in [1.807, 2.05) is 0 Å². The number of rotatable bonds is 4. The van der Waals surface area contributed by atoms with E-state index in [2.05, 4.69) is 0 Å². The van der Waals surface area contributed by atoms with Crippen molar-refractivity contribution in [3.05, 3.63) is 23.8 Å². The van der Waals surface area contributed by atoms with Crippen LogP contribution in [0, 0.1) is 0 Å². The minimum Gasteiger partial charge on any atom is -0.465 e. The quantitative estimate of drug-likeness (QED) is 0.441. The SMILES string of the molecule is BC1(B)c2ccc(B(O)O)cc2S(=O)(=O)N1[C@H](C)C(=O)OCC. The molecule has 0 saturated heterocycles. The molecule has 1 aliphatic rings. The molecule has 11 heteroatoms. The lowest BCUT2D eigenvalue weighted by molar-refractivity contribution is -0.147. The van der Waals surface area contributed by atoms with Crippen molar-refractivity contribution in [2.75, 3.05) is 6.61 Å². The molecule has 0 unspecified atom stereocenters. The normalized spacial score (nSPS) is 19.8. The summed E-state index contributed by atoms with van der Waals surface area (Å²) in [4.78, 5) is 12.0. The highest BCUT2D eigenvalue weighted by atomic mass is 32.2. The van der Waals surface area contributed by atoms with Crippen molar-refractivity contribution in [3.8, 4) is 0 Å². The molecule has 1 atom stereocenters. The molecule has 2 rings (SSSR count). The lowest BCUT2D eigenvalue weighted by Gasteiger charge is -2.34. The van der Waals surface area contributed by atoms with Gasteiger partial charge in [0.15, 0.2) is 0 Å². The van der Waals surface area contributed by atoms with E-state index in [4.69, 9.17) is 4.74 Å². The van der Waals surface area contributed by atoms with E-state index < -0.39 is 34.5 Å². The van der Waals surface area contributed by atoms with E-state index in [1.165, 1.54) is 19.1 Å². The molecule has 0 bridgehead atoms. The fraction of sp³-hybridized carbons (Fsp3) is 0.417. The number of carbonyl (C=O) groups is 1. The van der Waals surface area contributed by atoms with Gasteiger partial charge in [0.2, 0.25) is 10.0 Å². The second-order valence-corrected chi connectivity index (χ2v) is 7.70. The van der Waals surface area contributed by atoms with Gasteiger partial charge in [-0.1, -0.05) is 12.1 Å². The molecule has 0 spiro atoms. The predicted octanol–water partition coefficient (Wildman–Crippen LogP) is -3.30. The number of esters is 1. The van der Waals surface area contributed by atoms with Crippen LogP contribution in [0.15, 0.2) is 23.1 Å². The Kier molecular flexibility index (Phi) is 4.69. The van der Waals surface area contributed by atoms with Gasteiger partial charge >= 0.3 is 13.1 Å². The summed E-state index contributed by atoms with van der Waals surface area (Å²) in [5, 5.41) is 17.6. The van der Waals surface area contributed by atoms with E-state index >= 15 is 0 Å². The van der Waals surface area contributed by atoms with Crippen molar-refractivity contribution in [2.24, 2.45) is 0 Å². The standard InChI is InChI=1S/C12H18B3NO6S/c1-3-22-11(17)7(2)16-12(13,14)9-5-4-8(15(18)19)6-10(9)23(16,20)21/h4-7,18-19H,3,13-14H2,1-2H3/t7-/m1/s1. The Bertz CT molecular complexity index is 736. The molecule has 1 heterocycles. The second kappa shape index (κ2) is 5.97. The van der Waals surface area contributed by atoms with E-state index in [0.717, 1.165) is 4.31 Å². The van der Waals surface area contributed by atoms with Crippen LogP contribution in [-0.4, -0.2) is 64.2 Å². The Labute approximate surface area is 137 Å². The number of carbonyl (C=O) groups excluding carboxylic acids is 1. The highest BCUT2D eigenvalue weighted by Gasteiger charge is 2.52. The van der Waals surface area contributed by atoms with Crippen molar-refractivity contribution < 1.29 is 28.0 Å². The van der Waals surface area contributed by atoms with Gasteiger partial charge in [0.1, 0.15) is 21.7 Å². The molecular weight excluding hydrogens is 319 g/mol. The third-order valence-corrected chi connectivity index (χ3v) is 6.21. The molecule has 1 aliphatic heterocycles. The largest absolute Gasteiger partial charge is 0.488 e. The Hall–Kier alpha value is -1.29. The fourth-order valence-electron chi connectivity index (χ4n) is 2.99.